The number of hydrogen-bond acceptors (Lipinski definition) is 2. The largest absolute Gasteiger partial charge is 0.492 e. The molecule has 2 radical (unpaired) electrons. The average molecular weight is 233 g/mol. The molecule has 1 heterocycles. The van der Waals surface area contributed by atoms with Crippen LogP contribution in [0.15, 0.2) is 18.2 Å². The van der Waals surface area contributed by atoms with E-state index in [0.29, 0.717) is 17.8 Å². The van der Waals surface area contributed by atoms with E-state index in [1.165, 1.54) is 18.6 Å². The predicted octanol–water partition coefficient (Wildman–Crippen LogP) is 1.34. The van der Waals surface area contributed by atoms with Gasteiger partial charge in [-0.2, -0.15) is 0 Å². The monoisotopic (exact) mass is 233 g/mol. The van der Waals surface area contributed by atoms with Crippen molar-refractivity contribution in [1.29, 1.82) is 0 Å². The second-order valence-electron chi connectivity index (χ2n) is 4.60. The molecule has 1 aliphatic rings. The van der Waals surface area contributed by atoms with Crippen molar-refractivity contribution in [3.05, 3.63) is 24.0 Å². The first kappa shape index (κ1) is 12.4. The topological polar surface area (TPSA) is 12.5 Å². The third-order valence-electron chi connectivity index (χ3n) is 3.18. The number of benzene rings is 1. The lowest BCUT2D eigenvalue weighted by atomic mass is 9.96. The Morgan fingerprint density at radius 1 is 1.41 bits per heavy atom. The van der Waals surface area contributed by atoms with E-state index < -0.39 is 0 Å². The number of hydrogen-bond donors (Lipinski definition) is 0. The van der Waals surface area contributed by atoms with E-state index in [1.54, 1.807) is 6.07 Å². The van der Waals surface area contributed by atoms with E-state index in [-0.39, 0.29) is 5.82 Å². The quantitative estimate of drug-likeness (QED) is 0.711. The lowest BCUT2D eigenvalue weighted by Gasteiger charge is -2.38. The molecule has 0 aliphatic carbocycles. The van der Waals surface area contributed by atoms with Crippen molar-refractivity contribution in [3.8, 4) is 5.75 Å². The van der Waals surface area contributed by atoms with E-state index in [1.807, 2.05) is 0 Å². The summed E-state index contributed by atoms with van der Waals surface area (Å²) < 4.78 is 18.5. The van der Waals surface area contributed by atoms with Crippen molar-refractivity contribution in [1.82, 2.24) is 4.90 Å². The predicted molar refractivity (Wildman–Crippen MR) is 67.5 cm³/mol. The zero-order chi connectivity index (χ0) is 12.3. The van der Waals surface area contributed by atoms with Crippen LogP contribution in [0, 0.1) is 11.7 Å². The van der Waals surface area contributed by atoms with Gasteiger partial charge in [0.1, 0.15) is 26.0 Å². The van der Waals surface area contributed by atoms with Gasteiger partial charge in [-0.1, -0.05) is 18.8 Å². The molecular weight excluding hydrogens is 216 g/mol. The Kier molecular flexibility index (Phi) is 4.05. The molecule has 0 atom stereocenters. The van der Waals surface area contributed by atoms with Crippen molar-refractivity contribution in [2.24, 2.45) is 5.92 Å². The highest BCUT2D eigenvalue weighted by atomic mass is 19.1. The van der Waals surface area contributed by atoms with Crippen molar-refractivity contribution in [3.63, 3.8) is 0 Å². The highest BCUT2D eigenvalue weighted by Crippen LogP contribution is 2.18. The summed E-state index contributed by atoms with van der Waals surface area (Å²) in [7, 11) is 5.53. The summed E-state index contributed by atoms with van der Waals surface area (Å²) in [5, 5.41) is 0. The molecule has 2 rings (SSSR count). The standard InChI is InChI=1S/C13H17BFNO/c1-2-10-8-16(9-10)3-4-17-13-6-11(14)5-12(15)7-13/h5-7,10H,2-4,8-9H2,1H3. The van der Waals surface area contributed by atoms with Crippen molar-refractivity contribution >= 4 is 13.3 Å². The van der Waals surface area contributed by atoms with E-state index >= 15 is 0 Å². The Bertz CT molecular complexity index is 359. The molecule has 2 nitrogen and oxygen atoms in total. The molecule has 0 saturated carbocycles. The fourth-order valence-electron chi connectivity index (χ4n) is 2.08. The summed E-state index contributed by atoms with van der Waals surface area (Å²) in [6.45, 7) is 6.01. The zero-order valence-corrected chi connectivity index (χ0v) is 10.2. The minimum atomic E-state index is -0.352. The molecule has 17 heavy (non-hydrogen) atoms. The van der Waals surface area contributed by atoms with E-state index in [2.05, 4.69) is 11.8 Å². The Balaban J connectivity index is 1.71. The van der Waals surface area contributed by atoms with Gasteiger partial charge in [0.25, 0.3) is 0 Å². The maximum Gasteiger partial charge on any atom is 0.126 e. The minimum absolute atomic E-state index is 0.352. The Morgan fingerprint density at radius 2 is 2.18 bits per heavy atom. The molecule has 1 aromatic carbocycles. The van der Waals surface area contributed by atoms with Gasteiger partial charge < -0.3 is 4.74 Å². The van der Waals surface area contributed by atoms with Gasteiger partial charge in [-0.3, -0.25) is 4.90 Å². The van der Waals surface area contributed by atoms with Gasteiger partial charge in [-0.05, 0) is 18.1 Å². The second kappa shape index (κ2) is 5.54. The summed E-state index contributed by atoms with van der Waals surface area (Å²) in [6.07, 6.45) is 1.25. The van der Waals surface area contributed by atoms with Crippen molar-refractivity contribution < 1.29 is 9.13 Å². The fourth-order valence-corrected chi connectivity index (χ4v) is 2.08. The molecule has 0 aromatic heterocycles. The van der Waals surface area contributed by atoms with Gasteiger partial charge in [-0.25, -0.2) is 4.39 Å². The normalized spacial score (nSPS) is 16.8. The summed E-state index contributed by atoms with van der Waals surface area (Å²) in [6, 6.07) is 4.30. The summed E-state index contributed by atoms with van der Waals surface area (Å²) >= 11 is 0. The smallest absolute Gasteiger partial charge is 0.126 e. The molecule has 0 N–H and O–H groups in total. The molecule has 0 spiro atoms. The molecule has 1 fully saturated rings. The average Bonchev–Trinajstić information content (AvgIpc) is 2.20. The van der Waals surface area contributed by atoms with Crippen LogP contribution in [-0.2, 0) is 0 Å². The molecule has 0 bridgehead atoms. The van der Waals surface area contributed by atoms with Gasteiger partial charge in [0.2, 0.25) is 0 Å². The van der Waals surface area contributed by atoms with Gasteiger partial charge >= 0.3 is 0 Å². The fraction of sp³-hybridized carbons (Fsp3) is 0.538. The van der Waals surface area contributed by atoms with Crippen molar-refractivity contribution in [2.45, 2.75) is 13.3 Å². The summed E-state index contributed by atoms with van der Waals surface area (Å²) in [5.41, 5.74) is 0.398. The molecule has 1 aromatic rings. The van der Waals surface area contributed by atoms with Crippen LogP contribution in [0.5, 0.6) is 5.75 Å². The van der Waals surface area contributed by atoms with Crippen LogP contribution in [0.2, 0.25) is 0 Å². The zero-order valence-electron chi connectivity index (χ0n) is 10.2. The maximum atomic E-state index is 13.0. The molecule has 4 heteroatoms. The highest BCUT2D eigenvalue weighted by molar-refractivity contribution is 6.32. The van der Waals surface area contributed by atoms with Gasteiger partial charge in [0.15, 0.2) is 0 Å². The van der Waals surface area contributed by atoms with Crippen LogP contribution in [0.4, 0.5) is 4.39 Å². The van der Waals surface area contributed by atoms with E-state index in [0.717, 1.165) is 25.6 Å². The molecule has 1 aliphatic heterocycles. The number of ether oxygens (including phenoxy) is 1. The molecule has 1 saturated heterocycles. The van der Waals surface area contributed by atoms with Crippen LogP contribution in [0.1, 0.15) is 13.3 Å². The summed E-state index contributed by atoms with van der Waals surface area (Å²) in [5.74, 6) is 1.00. The Labute approximate surface area is 103 Å². The first-order valence-electron chi connectivity index (χ1n) is 6.08. The molecular formula is C13H17BFNO. The van der Waals surface area contributed by atoms with Gasteiger partial charge in [0, 0.05) is 25.7 Å². The van der Waals surface area contributed by atoms with Gasteiger partial charge in [0.05, 0.1) is 0 Å². The van der Waals surface area contributed by atoms with Gasteiger partial charge in [-0.15, -0.1) is 0 Å². The second-order valence-corrected chi connectivity index (χ2v) is 4.60. The Morgan fingerprint density at radius 3 is 2.82 bits per heavy atom. The third kappa shape index (κ3) is 3.46. The van der Waals surface area contributed by atoms with Crippen LogP contribution in [0.25, 0.3) is 0 Å². The highest BCUT2D eigenvalue weighted by Gasteiger charge is 2.24. The number of nitrogens with zero attached hydrogens (tertiary/aromatic N) is 1. The van der Waals surface area contributed by atoms with E-state index in [4.69, 9.17) is 12.6 Å². The first-order valence-corrected chi connectivity index (χ1v) is 6.08. The molecule has 0 amide bonds. The first-order chi connectivity index (χ1) is 8.17. The van der Waals surface area contributed by atoms with Crippen LogP contribution in [-0.4, -0.2) is 39.0 Å². The van der Waals surface area contributed by atoms with Crippen LogP contribution < -0.4 is 10.2 Å². The molecule has 0 unspecified atom stereocenters. The lowest BCUT2D eigenvalue weighted by molar-refractivity contribution is 0.0805. The third-order valence-corrected chi connectivity index (χ3v) is 3.18. The van der Waals surface area contributed by atoms with E-state index in [9.17, 15) is 4.39 Å². The van der Waals surface area contributed by atoms with Crippen LogP contribution in [0.3, 0.4) is 0 Å². The minimum Gasteiger partial charge on any atom is -0.492 e. The summed E-state index contributed by atoms with van der Waals surface area (Å²) in [4.78, 5) is 2.34. The molecule has 90 valence electrons. The Hall–Kier alpha value is -1.03. The SMILES string of the molecule is [B]c1cc(F)cc(OCCN2CC(CC)C2)c1. The van der Waals surface area contributed by atoms with Crippen molar-refractivity contribution in [2.75, 3.05) is 26.2 Å². The number of likely N-dealkylation sites (tertiary alicyclic amines) is 1. The lowest BCUT2D eigenvalue weighted by Crippen LogP contribution is -2.47. The number of rotatable bonds is 5. The maximum absolute atomic E-state index is 13.0. The van der Waals surface area contributed by atoms with Crippen LogP contribution >= 0.6 is 0 Å². The number of halogens is 1.